The number of amides is 1. The largest absolute Gasteiger partial charge is 0.493 e. The van der Waals surface area contributed by atoms with Crippen LogP contribution in [0.4, 0.5) is 5.82 Å². The number of anilines is 1. The molecule has 0 aliphatic rings. The molecule has 0 spiro atoms. The number of carbonyl (C=O) groups is 1. The highest BCUT2D eigenvalue weighted by atomic mass is 16.5. The van der Waals surface area contributed by atoms with Crippen LogP contribution in [-0.4, -0.2) is 50.4 Å². The van der Waals surface area contributed by atoms with Gasteiger partial charge in [-0.25, -0.2) is 9.97 Å². The molecule has 1 amide bonds. The molecule has 0 aliphatic heterocycles. The minimum absolute atomic E-state index is 0.257. The molecule has 0 saturated carbocycles. The van der Waals surface area contributed by atoms with E-state index in [0.717, 1.165) is 18.5 Å². The van der Waals surface area contributed by atoms with Gasteiger partial charge in [-0.15, -0.1) is 0 Å². The lowest BCUT2D eigenvalue weighted by Crippen LogP contribution is -2.24. The molecule has 1 heterocycles. The fourth-order valence-electron chi connectivity index (χ4n) is 2.23. The Morgan fingerprint density at radius 3 is 2.54 bits per heavy atom. The molecule has 2 rings (SSSR count). The molecule has 8 heteroatoms. The molecular formula is C18H24N4O4. The van der Waals surface area contributed by atoms with Gasteiger partial charge in [0.2, 0.25) is 0 Å². The smallest absolute Gasteiger partial charge is 0.271 e. The van der Waals surface area contributed by atoms with Crippen molar-refractivity contribution in [1.82, 2.24) is 15.3 Å². The van der Waals surface area contributed by atoms with Crippen molar-refractivity contribution in [1.29, 1.82) is 0 Å². The van der Waals surface area contributed by atoms with Crippen molar-refractivity contribution in [3.05, 3.63) is 41.9 Å². The molecule has 1 aromatic carbocycles. The van der Waals surface area contributed by atoms with E-state index in [1.807, 2.05) is 12.1 Å². The van der Waals surface area contributed by atoms with Gasteiger partial charge in [0.25, 0.3) is 5.91 Å². The molecule has 140 valence electrons. The molecule has 0 bridgehead atoms. The summed E-state index contributed by atoms with van der Waals surface area (Å²) in [7, 11) is 4.81. The number of methoxy groups -OCH3 is 3. The molecule has 26 heavy (non-hydrogen) atoms. The van der Waals surface area contributed by atoms with E-state index in [1.54, 1.807) is 27.4 Å². The van der Waals surface area contributed by atoms with Crippen LogP contribution in [0.3, 0.4) is 0 Å². The topological polar surface area (TPSA) is 94.6 Å². The monoisotopic (exact) mass is 360 g/mol. The van der Waals surface area contributed by atoms with Crippen molar-refractivity contribution in [2.45, 2.75) is 13.0 Å². The highest BCUT2D eigenvalue weighted by Gasteiger charge is 2.09. The Kier molecular flexibility index (Phi) is 7.63. The molecule has 0 radical (unpaired) electrons. The number of nitrogens with zero attached hydrogens (tertiary/aromatic N) is 2. The molecule has 2 N–H and O–H groups in total. The summed E-state index contributed by atoms with van der Waals surface area (Å²) in [4.78, 5) is 20.5. The van der Waals surface area contributed by atoms with Crippen LogP contribution in [0.15, 0.2) is 30.6 Å². The summed E-state index contributed by atoms with van der Waals surface area (Å²) in [6.45, 7) is 1.75. The highest BCUT2D eigenvalue weighted by molar-refractivity contribution is 5.91. The predicted octanol–water partition coefficient (Wildman–Crippen LogP) is 1.87. The van der Waals surface area contributed by atoms with Gasteiger partial charge in [-0.05, 0) is 24.1 Å². The first kappa shape index (κ1) is 19.5. The first-order chi connectivity index (χ1) is 12.7. The van der Waals surface area contributed by atoms with Gasteiger partial charge < -0.3 is 24.8 Å². The SMILES string of the molecule is COCCCNc1cnc(C(=O)NCc2ccc(OC)c(OC)c2)cn1. The first-order valence-electron chi connectivity index (χ1n) is 8.22. The fourth-order valence-corrected chi connectivity index (χ4v) is 2.23. The molecule has 2 aromatic rings. The Balaban J connectivity index is 1.87. The maximum Gasteiger partial charge on any atom is 0.271 e. The van der Waals surface area contributed by atoms with Crippen LogP contribution in [0.2, 0.25) is 0 Å². The summed E-state index contributed by atoms with van der Waals surface area (Å²) in [5.74, 6) is 1.58. The number of benzene rings is 1. The molecule has 0 fully saturated rings. The minimum atomic E-state index is -0.293. The van der Waals surface area contributed by atoms with E-state index in [-0.39, 0.29) is 11.6 Å². The third kappa shape index (κ3) is 5.59. The number of hydrogen-bond acceptors (Lipinski definition) is 7. The summed E-state index contributed by atoms with van der Waals surface area (Å²) < 4.78 is 15.4. The normalized spacial score (nSPS) is 10.3. The third-order valence-electron chi connectivity index (χ3n) is 3.62. The van der Waals surface area contributed by atoms with Crippen molar-refractivity contribution in [3.63, 3.8) is 0 Å². The van der Waals surface area contributed by atoms with Crippen molar-refractivity contribution < 1.29 is 19.0 Å². The number of carbonyl (C=O) groups excluding carboxylic acids is 1. The average Bonchev–Trinajstić information content (AvgIpc) is 2.69. The minimum Gasteiger partial charge on any atom is -0.493 e. The Morgan fingerprint density at radius 1 is 1.08 bits per heavy atom. The van der Waals surface area contributed by atoms with Gasteiger partial charge in [0.05, 0.1) is 26.6 Å². The summed E-state index contributed by atoms with van der Waals surface area (Å²) in [6, 6.07) is 5.47. The van der Waals surface area contributed by atoms with Crippen molar-refractivity contribution in [3.8, 4) is 11.5 Å². The van der Waals surface area contributed by atoms with Gasteiger partial charge in [0, 0.05) is 26.8 Å². The summed E-state index contributed by atoms with van der Waals surface area (Å²) >= 11 is 0. The fraction of sp³-hybridized carbons (Fsp3) is 0.389. The molecule has 0 aliphatic carbocycles. The maximum absolute atomic E-state index is 12.2. The Hall–Kier alpha value is -2.87. The lowest BCUT2D eigenvalue weighted by Gasteiger charge is -2.10. The van der Waals surface area contributed by atoms with Crippen LogP contribution in [0, 0.1) is 0 Å². The van der Waals surface area contributed by atoms with E-state index in [9.17, 15) is 4.79 Å². The second kappa shape index (κ2) is 10.2. The molecule has 0 saturated heterocycles. The molecule has 0 unspecified atom stereocenters. The Morgan fingerprint density at radius 2 is 1.88 bits per heavy atom. The lowest BCUT2D eigenvalue weighted by atomic mass is 10.2. The molecular weight excluding hydrogens is 336 g/mol. The van der Waals surface area contributed by atoms with Gasteiger partial charge in [-0.3, -0.25) is 4.79 Å². The van der Waals surface area contributed by atoms with Crippen LogP contribution in [0.5, 0.6) is 11.5 Å². The van der Waals surface area contributed by atoms with Crippen molar-refractivity contribution >= 4 is 11.7 Å². The van der Waals surface area contributed by atoms with Gasteiger partial charge >= 0.3 is 0 Å². The van der Waals surface area contributed by atoms with E-state index in [4.69, 9.17) is 14.2 Å². The van der Waals surface area contributed by atoms with Gasteiger partial charge in [-0.2, -0.15) is 0 Å². The quantitative estimate of drug-likeness (QED) is 0.625. The van der Waals surface area contributed by atoms with Crippen LogP contribution in [0.1, 0.15) is 22.5 Å². The van der Waals surface area contributed by atoms with Crippen LogP contribution in [-0.2, 0) is 11.3 Å². The van der Waals surface area contributed by atoms with E-state index in [2.05, 4.69) is 20.6 Å². The zero-order chi connectivity index (χ0) is 18.8. The van der Waals surface area contributed by atoms with E-state index in [0.29, 0.717) is 30.5 Å². The van der Waals surface area contributed by atoms with Crippen LogP contribution in [0.25, 0.3) is 0 Å². The van der Waals surface area contributed by atoms with Crippen molar-refractivity contribution in [2.24, 2.45) is 0 Å². The Bertz CT molecular complexity index is 707. The Labute approximate surface area is 152 Å². The summed E-state index contributed by atoms with van der Waals surface area (Å²) in [5, 5.41) is 5.92. The van der Waals surface area contributed by atoms with E-state index in [1.165, 1.54) is 12.4 Å². The molecule has 8 nitrogen and oxygen atoms in total. The number of ether oxygens (including phenoxy) is 3. The second-order valence-corrected chi connectivity index (χ2v) is 5.43. The summed E-state index contributed by atoms with van der Waals surface area (Å²) in [5.41, 5.74) is 1.15. The zero-order valence-electron chi connectivity index (χ0n) is 15.2. The molecule has 0 atom stereocenters. The van der Waals surface area contributed by atoms with Crippen LogP contribution >= 0.6 is 0 Å². The van der Waals surface area contributed by atoms with Crippen LogP contribution < -0.4 is 20.1 Å². The van der Waals surface area contributed by atoms with E-state index >= 15 is 0 Å². The third-order valence-corrected chi connectivity index (χ3v) is 3.62. The predicted molar refractivity (Wildman–Crippen MR) is 97.7 cm³/mol. The highest BCUT2D eigenvalue weighted by Crippen LogP contribution is 2.27. The number of aromatic nitrogens is 2. The number of nitrogens with one attached hydrogen (secondary N) is 2. The van der Waals surface area contributed by atoms with Gasteiger partial charge in [0.15, 0.2) is 11.5 Å². The van der Waals surface area contributed by atoms with Gasteiger partial charge in [-0.1, -0.05) is 6.07 Å². The first-order valence-corrected chi connectivity index (χ1v) is 8.22. The lowest BCUT2D eigenvalue weighted by molar-refractivity contribution is 0.0945. The van der Waals surface area contributed by atoms with E-state index < -0.39 is 0 Å². The van der Waals surface area contributed by atoms with Gasteiger partial charge in [0.1, 0.15) is 11.5 Å². The number of rotatable bonds is 10. The zero-order valence-corrected chi connectivity index (χ0v) is 15.2. The average molecular weight is 360 g/mol. The standard InChI is InChI=1S/C18H24N4O4/c1-24-8-4-7-19-17-12-20-14(11-21-17)18(23)22-10-13-5-6-15(25-2)16(9-13)26-3/h5-6,9,11-12H,4,7-8,10H2,1-3H3,(H,19,21)(H,22,23). The number of hydrogen-bond donors (Lipinski definition) is 2. The molecule has 1 aromatic heterocycles. The summed E-state index contributed by atoms with van der Waals surface area (Å²) in [6.07, 6.45) is 3.85. The second-order valence-electron chi connectivity index (χ2n) is 5.43. The maximum atomic E-state index is 12.2. The van der Waals surface area contributed by atoms with Crippen molar-refractivity contribution in [2.75, 3.05) is 39.8 Å².